The maximum absolute atomic E-state index is 5.72. The molecule has 0 amide bonds. The van der Waals surface area contributed by atoms with Gasteiger partial charge in [0.05, 0.1) is 0 Å². The maximum atomic E-state index is 5.72. The van der Waals surface area contributed by atoms with Crippen LogP contribution in [0.15, 0.2) is 12.3 Å². The molecular formula is C14H23N5. The molecule has 0 aliphatic carbocycles. The predicted octanol–water partition coefficient (Wildman–Crippen LogP) is 1.51. The minimum absolute atomic E-state index is 0.558. The van der Waals surface area contributed by atoms with Crippen LogP contribution >= 0.6 is 0 Å². The lowest BCUT2D eigenvalue weighted by molar-refractivity contribution is 0.141. The quantitative estimate of drug-likeness (QED) is 0.874. The highest BCUT2D eigenvalue weighted by Crippen LogP contribution is 2.22. The Morgan fingerprint density at radius 2 is 1.79 bits per heavy atom. The van der Waals surface area contributed by atoms with Crippen LogP contribution in [0.25, 0.3) is 0 Å². The second-order valence-electron chi connectivity index (χ2n) is 5.60. The number of nitrogens with zero attached hydrogens (tertiary/aromatic N) is 4. The van der Waals surface area contributed by atoms with Crippen LogP contribution in [0.1, 0.15) is 32.1 Å². The Kier molecular flexibility index (Phi) is 3.82. The van der Waals surface area contributed by atoms with Crippen molar-refractivity contribution in [3.8, 4) is 0 Å². The minimum Gasteiger partial charge on any atom is -0.384 e. The Morgan fingerprint density at radius 3 is 2.47 bits per heavy atom. The van der Waals surface area contributed by atoms with Gasteiger partial charge in [0.15, 0.2) is 0 Å². The number of likely N-dealkylation sites (tertiary alicyclic amines) is 1. The topological polar surface area (TPSA) is 58.3 Å². The zero-order valence-electron chi connectivity index (χ0n) is 11.5. The molecule has 5 heteroatoms. The Labute approximate surface area is 114 Å². The van der Waals surface area contributed by atoms with Gasteiger partial charge in [-0.25, -0.2) is 4.98 Å². The molecule has 0 spiro atoms. The van der Waals surface area contributed by atoms with Crippen LogP contribution in [-0.2, 0) is 0 Å². The normalized spacial score (nSPS) is 22.6. The summed E-state index contributed by atoms with van der Waals surface area (Å²) < 4.78 is 0. The summed E-state index contributed by atoms with van der Waals surface area (Å²) in [5.41, 5.74) is 5.72. The summed E-state index contributed by atoms with van der Waals surface area (Å²) in [5.74, 6) is 1.35. The van der Waals surface area contributed by atoms with Gasteiger partial charge in [0.2, 0.25) is 5.95 Å². The number of nitrogen functional groups attached to an aromatic ring is 1. The molecule has 5 nitrogen and oxygen atoms in total. The second kappa shape index (κ2) is 5.74. The average Bonchev–Trinajstić information content (AvgIpc) is 2.48. The summed E-state index contributed by atoms with van der Waals surface area (Å²) >= 11 is 0. The lowest BCUT2D eigenvalue weighted by Gasteiger charge is -2.40. The van der Waals surface area contributed by atoms with Gasteiger partial charge in [-0.1, -0.05) is 6.42 Å². The number of rotatable bonds is 2. The minimum atomic E-state index is 0.558. The molecule has 0 radical (unpaired) electrons. The van der Waals surface area contributed by atoms with Gasteiger partial charge in [-0.15, -0.1) is 0 Å². The molecule has 2 aliphatic heterocycles. The van der Waals surface area contributed by atoms with Gasteiger partial charge in [0.25, 0.3) is 0 Å². The third-order valence-electron chi connectivity index (χ3n) is 4.32. The maximum Gasteiger partial charge on any atom is 0.227 e. The molecule has 19 heavy (non-hydrogen) atoms. The molecule has 3 heterocycles. The van der Waals surface area contributed by atoms with Crippen molar-refractivity contribution in [1.82, 2.24) is 14.9 Å². The summed E-state index contributed by atoms with van der Waals surface area (Å²) in [4.78, 5) is 13.6. The van der Waals surface area contributed by atoms with Crippen molar-refractivity contribution in [1.29, 1.82) is 0 Å². The third-order valence-corrected chi connectivity index (χ3v) is 4.32. The van der Waals surface area contributed by atoms with E-state index in [-0.39, 0.29) is 0 Å². The van der Waals surface area contributed by atoms with E-state index in [9.17, 15) is 0 Å². The third kappa shape index (κ3) is 2.97. The predicted molar refractivity (Wildman–Crippen MR) is 77.1 cm³/mol. The highest BCUT2D eigenvalue weighted by molar-refractivity contribution is 5.38. The smallest absolute Gasteiger partial charge is 0.227 e. The molecule has 0 unspecified atom stereocenters. The molecule has 1 aromatic heterocycles. The molecule has 2 aliphatic rings. The Balaban J connectivity index is 1.57. The van der Waals surface area contributed by atoms with Gasteiger partial charge in [-0.2, -0.15) is 4.98 Å². The molecular weight excluding hydrogens is 238 g/mol. The van der Waals surface area contributed by atoms with E-state index in [4.69, 9.17) is 5.73 Å². The summed E-state index contributed by atoms with van der Waals surface area (Å²) in [7, 11) is 0. The SMILES string of the molecule is Nc1ccnc(N2CCC(N3CCCCC3)CC2)n1. The van der Waals surface area contributed by atoms with Gasteiger partial charge in [0, 0.05) is 25.3 Å². The molecule has 104 valence electrons. The van der Waals surface area contributed by atoms with Gasteiger partial charge in [0.1, 0.15) is 5.82 Å². The van der Waals surface area contributed by atoms with E-state index in [2.05, 4.69) is 19.8 Å². The van der Waals surface area contributed by atoms with Crippen LogP contribution in [0.2, 0.25) is 0 Å². The summed E-state index contributed by atoms with van der Waals surface area (Å²) in [5, 5.41) is 0. The van der Waals surface area contributed by atoms with Crippen LogP contribution in [-0.4, -0.2) is 47.1 Å². The van der Waals surface area contributed by atoms with Gasteiger partial charge in [-0.05, 0) is 44.8 Å². The molecule has 2 fully saturated rings. The van der Waals surface area contributed by atoms with E-state index >= 15 is 0 Å². The van der Waals surface area contributed by atoms with E-state index in [1.165, 1.54) is 45.2 Å². The first-order valence-corrected chi connectivity index (χ1v) is 7.40. The van der Waals surface area contributed by atoms with Crippen molar-refractivity contribution in [3.05, 3.63) is 12.3 Å². The van der Waals surface area contributed by atoms with Crippen LogP contribution in [0, 0.1) is 0 Å². The lowest BCUT2D eigenvalue weighted by atomic mass is 10.0. The van der Waals surface area contributed by atoms with Crippen molar-refractivity contribution in [2.75, 3.05) is 36.8 Å². The van der Waals surface area contributed by atoms with Crippen molar-refractivity contribution >= 4 is 11.8 Å². The number of anilines is 2. The number of nitrogens with two attached hydrogens (primary N) is 1. The molecule has 3 rings (SSSR count). The summed E-state index contributed by atoms with van der Waals surface area (Å²) in [6.45, 7) is 4.67. The van der Waals surface area contributed by atoms with Crippen molar-refractivity contribution in [3.63, 3.8) is 0 Å². The molecule has 1 aromatic rings. The monoisotopic (exact) mass is 261 g/mol. The van der Waals surface area contributed by atoms with Crippen LogP contribution in [0.3, 0.4) is 0 Å². The van der Waals surface area contributed by atoms with Crippen LogP contribution < -0.4 is 10.6 Å². The average molecular weight is 261 g/mol. The zero-order valence-corrected chi connectivity index (χ0v) is 11.5. The highest BCUT2D eigenvalue weighted by atomic mass is 15.3. The van der Waals surface area contributed by atoms with Gasteiger partial charge in [-0.3, -0.25) is 0 Å². The highest BCUT2D eigenvalue weighted by Gasteiger charge is 2.26. The van der Waals surface area contributed by atoms with Gasteiger partial charge < -0.3 is 15.5 Å². The van der Waals surface area contributed by atoms with E-state index in [0.29, 0.717) is 5.82 Å². The van der Waals surface area contributed by atoms with Crippen LogP contribution in [0.4, 0.5) is 11.8 Å². The molecule has 0 saturated carbocycles. The van der Waals surface area contributed by atoms with E-state index < -0.39 is 0 Å². The largest absolute Gasteiger partial charge is 0.384 e. The van der Waals surface area contributed by atoms with E-state index in [1.54, 1.807) is 12.3 Å². The molecule has 0 aromatic carbocycles. The fraction of sp³-hybridized carbons (Fsp3) is 0.714. The summed E-state index contributed by atoms with van der Waals surface area (Å²) in [6, 6.07) is 2.50. The van der Waals surface area contributed by atoms with E-state index in [1.807, 2.05) is 0 Å². The zero-order chi connectivity index (χ0) is 13.1. The van der Waals surface area contributed by atoms with Crippen molar-refractivity contribution in [2.24, 2.45) is 0 Å². The van der Waals surface area contributed by atoms with E-state index in [0.717, 1.165) is 25.1 Å². The van der Waals surface area contributed by atoms with Crippen LogP contribution in [0.5, 0.6) is 0 Å². The first-order chi connectivity index (χ1) is 9.33. The van der Waals surface area contributed by atoms with Crippen molar-refractivity contribution in [2.45, 2.75) is 38.1 Å². The fourth-order valence-corrected chi connectivity index (χ4v) is 3.23. The lowest BCUT2D eigenvalue weighted by Crippen LogP contribution is -2.47. The number of hydrogen-bond acceptors (Lipinski definition) is 5. The Bertz CT molecular complexity index is 408. The molecule has 0 atom stereocenters. The first-order valence-electron chi connectivity index (χ1n) is 7.40. The number of piperidine rings is 2. The second-order valence-corrected chi connectivity index (χ2v) is 5.60. The Hall–Kier alpha value is -1.36. The van der Waals surface area contributed by atoms with Crippen molar-refractivity contribution < 1.29 is 0 Å². The molecule has 2 saturated heterocycles. The molecule has 2 N–H and O–H groups in total. The fourth-order valence-electron chi connectivity index (χ4n) is 3.23. The number of aromatic nitrogens is 2. The van der Waals surface area contributed by atoms with Gasteiger partial charge >= 0.3 is 0 Å². The number of hydrogen-bond donors (Lipinski definition) is 1. The summed E-state index contributed by atoms with van der Waals surface area (Å²) in [6.07, 6.45) is 8.34. The molecule has 0 bridgehead atoms. The first kappa shape index (κ1) is 12.7. The Morgan fingerprint density at radius 1 is 1.05 bits per heavy atom. The standard InChI is InChI=1S/C14H23N5/c15-13-4-7-16-14(17-13)19-10-5-12(6-11-19)18-8-2-1-3-9-18/h4,7,12H,1-3,5-6,8-11H2,(H2,15,16,17).